The standard InChI is InChI=1S/C13H26N2O/c1-10-7-5-6-8-12(10)9-14-11(2)13(16)15(3)4/h10-12,14H,5-9H2,1-4H3/t10?,11-,12?/m1/s1. The Morgan fingerprint density at radius 2 is 2.00 bits per heavy atom. The van der Waals surface area contributed by atoms with Crippen LogP contribution < -0.4 is 5.32 Å². The molecule has 0 aliphatic heterocycles. The average Bonchev–Trinajstić information content (AvgIpc) is 2.26. The van der Waals surface area contributed by atoms with E-state index in [1.807, 2.05) is 21.0 Å². The van der Waals surface area contributed by atoms with Crippen molar-refractivity contribution in [2.24, 2.45) is 11.8 Å². The molecule has 0 spiro atoms. The first-order chi connectivity index (χ1) is 7.52. The molecule has 0 aromatic rings. The molecule has 0 aromatic carbocycles. The number of hydrogen-bond donors (Lipinski definition) is 1. The maximum atomic E-state index is 11.7. The minimum absolute atomic E-state index is 0.0517. The van der Waals surface area contributed by atoms with Crippen molar-refractivity contribution in [2.75, 3.05) is 20.6 Å². The second-order valence-corrected chi connectivity index (χ2v) is 5.38. The lowest BCUT2D eigenvalue weighted by molar-refractivity contribution is -0.130. The van der Waals surface area contributed by atoms with Crippen LogP contribution in [0.2, 0.25) is 0 Å². The molecule has 3 heteroatoms. The fraction of sp³-hybridized carbons (Fsp3) is 0.923. The number of carbonyl (C=O) groups excluding carboxylic acids is 1. The van der Waals surface area contributed by atoms with Crippen molar-refractivity contribution in [3.8, 4) is 0 Å². The number of hydrogen-bond acceptors (Lipinski definition) is 2. The smallest absolute Gasteiger partial charge is 0.238 e. The third kappa shape index (κ3) is 3.78. The van der Waals surface area contributed by atoms with Gasteiger partial charge in [0.2, 0.25) is 5.91 Å². The minimum Gasteiger partial charge on any atom is -0.347 e. The minimum atomic E-state index is -0.0517. The Hall–Kier alpha value is -0.570. The van der Waals surface area contributed by atoms with Crippen LogP contribution in [0.4, 0.5) is 0 Å². The van der Waals surface area contributed by atoms with Gasteiger partial charge < -0.3 is 10.2 Å². The maximum Gasteiger partial charge on any atom is 0.238 e. The summed E-state index contributed by atoms with van der Waals surface area (Å²) in [5.41, 5.74) is 0. The molecule has 3 nitrogen and oxygen atoms in total. The third-order valence-corrected chi connectivity index (χ3v) is 3.79. The van der Waals surface area contributed by atoms with Gasteiger partial charge in [0.05, 0.1) is 6.04 Å². The van der Waals surface area contributed by atoms with Crippen LogP contribution >= 0.6 is 0 Å². The van der Waals surface area contributed by atoms with E-state index in [1.54, 1.807) is 4.90 Å². The molecule has 1 aliphatic rings. The molecule has 0 radical (unpaired) electrons. The Balaban J connectivity index is 2.30. The van der Waals surface area contributed by atoms with Crippen molar-refractivity contribution < 1.29 is 4.79 Å². The van der Waals surface area contributed by atoms with E-state index in [0.29, 0.717) is 0 Å². The van der Waals surface area contributed by atoms with Crippen LogP contribution in [0.25, 0.3) is 0 Å². The summed E-state index contributed by atoms with van der Waals surface area (Å²) in [5, 5.41) is 3.37. The third-order valence-electron chi connectivity index (χ3n) is 3.79. The molecule has 2 unspecified atom stereocenters. The first-order valence-electron chi connectivity index (χ1n) is 6.47. The summed E-state index contributed by atoms with van der Waals surface area (Å²) in [5.74, 6) is 1.73. The predicted octanol–water partition coefficient (Wildman–Crippen LogP) is 1.88. The topological polar surface area (TPSA) is 32.3 Å². The zero-order chi connectivity index (χ0) is 12.1. The van der Waals surface area contributed by atoms with E-state index >= 15 is 0 Å². The SMILES string of the molecule is CC1CCCCC1CN[C@H](C)C(=O)N(C)C. The van der Waals surface area contributed by atoms with Crippen molar-refractivity contribution in [3.63, 3.8) is 0 Å². The highest BCUT2D eigenvalue weighted by atomic mass is 16.2. The van der Waals surface area contributed by atoms with Gasteiger partial charge in [0.25, 0.3) is 0 Å². The Morgan fingerprint density at radius 3 is 2.56 bits per heavy atom. The number of likely N-dealkylation sites (N-methyl/N-ethyl adjacent to an activating group) is 1. The first-order valence-corrected chi connectivity index (χ1v) is 6.47. The van der Waals surface area contributed by atoms with Gasteiger partial charge in [-0.3, -0.25) is 4.79 Å². The summed E-state index contributed by atoms with van der Waals surface area (Å²) >= 11 is 0. The normalized spacial score (nSPS) is 27.5. The molecule has 0 saturated heterocycles. The van der Waals surface area contributed by atoms with E-state index in [1.165, 1.54) is 25.7 Å². The Labute approximate surface area is 99.6 Å². The van der Waals surface area contributed by atoms with E-state index in [2.05, 4.69) is 12.2 Å². The van der Waals surface area contributed by atoms with Crippen LogP contribution in [-0.4, -0.2) is 37.5 Å². The summed E-state index contributed by atoms with van der Waals surface area (Å²) in [7, 11) is 3.62. The largest absolute Gasteiger partial charge is 0.347 e. The highest BCUT2D eigenvalue weighted by Crippen LogP contribution is 2.28. The van der Waals surface area contributed by atoms with Crippen molar-refractivity contribution >= 4 is 5.91 Å². The van der Waals surface area contributed by atoms with Gasteiger partial charge in [-0.25, -0.2) is 0 Å². The Morgan fingerprint density at radius 1 is 1.38 bits per heavy atom. The molecular formula is C13H26N2O. The van der Waals surface area contributed by atoms with Gasteiger partial charge in [-0.15, -0.1) is 0 Å². The van der Waals surface area contributed by atoms with Crippen molar-refractivity contribution in [2.45, 2.75) is 45.6 Å². The number of amides is 1. The van der Waals surface area contributed by atoms with Crippen molar-refractivity contribution in [1.82, 2.24) is 10.2 Å². The Bertz CT molecular complexity index is 228. The predicted molar refractivity (Wildman–Crippen MR) is 67.3 cm³/mol. The fourth-order valence-corrected chi connectivity index (χ4v) is 2.50. The Kier molecular flexibility index (Phi) is 5.26. The molecule has 1 rings (SSSR count). The summed E-state index contributed by atoms with van der Waals surface area (Å²) in [6.45, 7) is 5.28. The molecule has 94 valence electrons. The zero-order valence-electron chi connectivity index (χ0n) is 11.1. The summed E-state index contributed by atoms with van der Waals surface area (Å²) < 4.78 is 0. The fourth-order valence-electron chi connectivity index (χ4n) is 2.50. The van der Waals surface area contributed by atoms with Crippen molar-refractivity contribution in [1.29, 1.82) is 0 Å². The average molecular weight is 226 g/mol. The monoisotopic (exact) mass is 226 g/mol. The molecule has 0 heterocycles. The molecule has 1 amide bonds. The number of rotatable bonds is 4. The van der Waals surface area contributed by atoms with E-state index in [4.69, 9.17) is 0 Å². The zero-order valence-corrected chi connectivity index (χ0v) is 11.1. The van der Waals surface area contributed by atoms with E-state index < -0.39 is 0 Å². The highest BCUT2D eigenvalue weighted by molar-refractivity contribution is 5.80. The van der Waals surface area contributed by atoms with Crippen LogP contribution in [-0.2, 0) is 4.79 Å². The van der Waals surface area contributed by atoms with Crippen LogP contribution in [0.15, 0.2) is 0 Å². The number of nitrogens with one attached hydrogen (secondary N) is 1. The molecule has 1 saturated carbocycles. The number of nitrogens with zero attached hydrogens (tertiary/aromatic N) is 1. The molecular weight excluding hydrogens is 200 g/mol. The summed E-state index contributed by atoms with van der Waals surface area (Å²) in [6, 6.07) is -0.0517. The van der Waals surface area contributed by atoms with Gasteiger partial charge in [0, 0.05) is 14.1 Å². The highest BCUT2D eigenvalue weighted by Gasteiger charge is 2.22. The van der Waals surface area contributed by atoms with E-state index in [9.17, 15) is 4.79 Å². The van der Waals surface area contributed by atoms with Gasteiger partial charge in [-0.2, -0.15) is 0 Å². The van der Waals surface area contributed by atoms with Gasteiger partial charge in [-0.1, -0.05) is 26.2 Å². The lowest BCUT2D eigenvalue weighted by atomic mass is 9.80. The number of carbonyl (C=O) groups is 1. The molecule has 1 N–H and O–H groups in total. The van der Waals surface area contributed by atoms with E-state index in [0.717, 1.165) is 18.4 Å². The first kappa shape index (κ1) is 13.5. The van der Waals surface area contributed by atoms with Gasteiger partial charge >= 0.3 is 0 Å². The summed E-state index contributed by atoms with van der Waals surface area (Å²) in [6.07, 6.45) is 5.40. The summed E-state index contributed by atoms with van der Waals surface area (Å²) in [4.78, 5) is 13.3. The molecule has 3 atom stereocenters. The lowest BCUT2D eigenvalue weighted by Crippen LogP contribution is -2.44. The van der Waals surface area contributed by atoms with Gasteiger partial charge in [-0.05, 0) is 31.7 Å². The maximum absolute atomic E-state index is 11.7. The van der Waals surface area contributed by atoms with Gasteiger partial charge in [0.15, 0.2) is 0 Å². The second-order valence-electron chi connectivity index (χ2n) is 5.38. The molecule has 1 fully saturated rings. The second kappa shape index (κ2) is 6.24. The van der Waals surface area contributed by atoms with E-state index in [-0.39, 0.29) is 11.9 Å². The van der Waals surface area contributed by atoms with Crippen LogP contribution in [0.3, 0.4) is 0 Å². The van der Waals surface area contributed by atoms with Crippen molar-refractivity contribution in [3.05, 3.63) is 0 Å². The molecule has 0 aromatic heterocycles. The molecule has 1 aliphatic carbocycles. The van der Waals surface area contributed by atoms with Crippen LogP contribution in [0, 0.1) is 11.8 Å². The van der Waals surface area contributed by atoms with Crippen LogP contribution in [0.5, 0.6) is 0 Å². The van der Waals surface area contributed by atoms with Crippen LogP contribution in [0.1, 0.15) is 39.5 Å². The lowest BCUT2D eigenvalue weighted by Gasteiger charge is -2.30. The van der Waals surface area contributed by atoms with Gasteiger partial charge in [0.1, 0.15) is 0 Å². The molecule has 16 heavy (non-hydrogen) atoms. The quantitative estimate of drug-likeness (QED) is 0.794. The molecule has 0 bridgehead atoms.